The summed E-state index contributed by atoms with van der Waals surface area (Å²) in [5.74, 6) is 2.68. The molecule has 0 unspecified atom stereocenters. The molecule has 4 fully saturated rings. The van der Waals surface area contributed by atoms with Crippen molar-refractivity contribution in [2.24, 2.45) is 22.7 Å². The van der Waals surface area contributed by atoms with E-state index in [0.717, 1.165) is 49.0 Å². The van der Waals surface area contributed by atoms with Crippen LogP contribution >= 0.6 is 0 Å². The second-order valence-corrected chi connectivity index (χ2v) is 13.8. The van der Waals surface area contributed by atoms with E-state index < -0.39 is 18.3 Å². The van der Waals surface area contributed by atoms with Gasteiger partial charge in [-0.15, -0.1) is 0 Å². The van der Waals surface area contributed by atoms with Crippen LogP contribution in [0.1, 0.15) is 104 Å². The molecule has 214 valence electrons. The fraction of sp³-hybridized carbons (Fsp3) is 0.676. The zero-order valence-corrected chi connectivity index (χ0v) is 24.5. The molecule has 4 aliphatic carbocycles. The van der Waals surface area contributed by atoms with Gasteiger partial charge in [0.1, 0.15) is 5.76 Å². The van der Waals surface area contributed by atoms with Gasteiger partial charge in [0.15, 0.2) is 0 Å². The van der Waals surface area contributed by atoms with Gasteiger partial charge in [0.05, 0.1) is 29.9 Å². The standard InChI is InChI=1S/C34H49NO4/c1-6-8-26-21-35-31(39-26)34(17-18-34)30(38)14-16-32(3,4)29-13-12-27-23(9-7-15-33(27,29)5)10-11-24-19-25(36)20-28(37)22(24)2/h10-11,14,16,21,25,27-30,36-38H,2,6-9,12-13,15,17-20H2,1,3-5H3/b16-14+,23-10+,24-11-/t25-,27+,28+,29-,30+,33+/m1/s1. The Bertz CT molecular complexity index is 1150. The Kier molecular flexibility index (Phi) is 7.91. The number of allylic oxidation sites excluding steroid dienone is 4. The molecule has 4 saturated carbocycles. The van der Waals surface area contributed by atoms with E-state index >= 15 is 0 Å². The minimum Gasteiger partial charge on any atom is -0.445 e. The molecule has 5 rings (SSSR count). The highest BCUT2D eigenvalue weighted by atomic mass is 16.4. The number of hydrogen-bond acceptors (Lipinski definition) is 5. The molecule has 0 radical (unpaired) electrons. The van der Waals surface area contributed by atoms with Crippen molar-refractivity contribution in [3.05, 3.63) is 65.5 Å². The number of aryl methyl sites for hydroxylation is 1. The van der Waals surface area contributed by atoms with Crippen molar-refractivity contribution >= 4 is 0 Å². The van der Waals surface area contributed by atoms with E-state index in [2.05, 4.69) is 57.5 Å². The summed E-state index contributed by atoms with van der Waals surface area (Å²) in [6.07, 6.45) is 19.4. The van der Waals surface area contributed by atoms with Gasteiger partial charge in [0.25, 0.3) is 0 Å². The number of oxazole rings is 1. The highest BCUT2D eigenvalue weighted by Crippen LogP contribution is 2.62. The van der Waals surface area contributed by atoms with E-state index in [1.54, 1.807) is 0 Å². The Morgan fingerprint density at radius 2 is 1.97 bits per heavy atom. The molecule has 0 amide bonds. The monoisotopic (exact) mass is 535 g/mol. The molecular formula is C34H49NO4. The van der Waals surface area contributed by atoms with E-state index in [4.69, 9.17) is 4.42 Å². The van der Waals surface area contributed by atoms with Gasteiger partial charge in [-0.25, -0.2) is 4.98 Å². The quantitative estimate of drug-likeness (QED) is 0.321. The van der Waals surface area contributed by atoms with Crippen molar-refractivity contribution < 1.29 is 19.7 Å². The highest BCUT2D eigenvalue weighted by Gasteiger charge is 2.55. The molecule has 1 aromatic heterocycles. The third kappa shape index (κ3) is 5.39. The normalized spacial score (nSPS) is 35.6. The van der Waals surface area contributed by atoms with E-state index in [9.17, 15) is 15.3 Å². The lowest BCUT2D eigenvalue weighted by molar-refractivity contribution is 0.0705. The summed E-state index contributed by atoms with van der Waals surface area (Å²) in [5, 5.41) is 31.7. The topological polar surface area (TPSA) is 86.7 Å². The maximum atomic E-state index is 11.3. The first-order chi connectivity index (χ1) is 18.5. The Balaban J connectivity index is 1.31. The first kappa shape index (κ1) is 28.6. The molecule has 0 aliphatic heterocycles. The zero-order valence-electron chi connectivity index (χ0n) is 24.5. The van der Waals surface area contributed by atoms with Crippen molar-refractivity contribution in [3.8, 4) is 0 Å². The minimum absolute atomic E-state index is 0.0443. The van der Waals surface area contributed by atoms with Crippen molar-refractivity contribution in [3.63, 3.8) is 0 Å². The van der Waals surface area contributed by atoms with Crippen LogP contribution in [0.15, 0.2) is 58.2 Å². The third-order valence-corrected chi connectivity index (χ3v) is 10.7. The highest BCUT2D eigenvalue weighted by molar-refractivity contribution is 5.39. The smallest absolute Gasteiger partial charge is 0.203 e. The SMILES string of the molecule is C=C1/C(=C\C=C2/CCC[C@]3(C)[C@@H](C(C)(C)/C=C/[C@H](O)C4(c5ncc(CCC)o5)CC4)CC[C@@H]23)C[C@@H](O)C[C@@H]1O. The average Bonchev–Trinajstić information content (AvgIpc) is 3.41. The number of fused-ring (bicyclic) bond motifs is 1. The summed E-state index contributed by atoms with van der Waals surface area (Å²) in [5.41, 5.74) is 3.04. The molecule has 1 heterocycles. The van der Waals surface area contributed by atoms with Crippen LogP contribution in [0, 0.1) is 22.7 Å². The summed E-state index contributed by atoms with van der Waals surface area (Å²) in [7, 11) is 0. The number of hydrogen-bond donors (Lipinski definition) is 3. The van der Waals surface area contributed by atoms with Crippen molar-refractivity contribution in [2.75, 3.05) is 0 Å². The Morgan fingerprint density at radius 1 is 1.21 bits per heavy atom. The molecule has 1 aromatic rings. The van der Waals surface area contributed by atoms with Gasteiger partial charge in [0, 0.05) is 12.8 Å². The fourth-order valence-electron chi connectivity index (χ4n) is 8.24. The summed E-state index contributed by atoms with van der Waals surface area (Å²) < 4.78 is 6.04. The summed E-state index contributed by atoms with van der Waals surface area (Å²) in [6.45, 7) is 13.4. The van der Waals surface area contributed by atoms with Crippen LogP contribution in [-0.4, -0.2) is 38.6 Å². The summed E-state index contributed by atoms with van der Waals surface area (Å²) in [4.78, 5) is 4.54. The van der Waals surface area contributed by atoms with Crippen molar-refractivity contribution in [1.82, 2.24) is 4.98 Å². The van der Waals surface area contributed by atoms with Gasteiger partial charge in [-0.05, 0) is 91.6 Å². The van der Waals surface area contributed by atoms with Crippen LogP contribution in [0.5, 0.6) is 0 Å². The van der Waals surface area contributed by atoms with Crippen LogP contribution in [0.4, 0.5) is 0 Å². The first-order valence-corrected chi connectivity index (χ1v) is 15.3. The van der Waals surface area contributed by atoms with Gasteiger partial charge in [0.2, 0.25) is 5.89 Å². The predicted octanol–water partition coefficient (Wildman–Crippen LogP) is 6.74. The molecule has 6 atom stereocenters. The Hall–Kier alpha value is -1.95. The Labute approximate surface area is 234 Å². The fourth-order valence-corrected chi connectivity index (χ4v) is 8.24. The van der Waals surface area contributed by atoms with Crippen LogP contribution in [0.25, 0.3) is 0 Å². The molecule has 3 N–H and O–H groups in total. The van der Waals surface area contributed by atoms with Crippen LogP contribution in [0.3, 0.4) is 0 Å². The number of nitrogens with zero attached hydrogens (tertiary/aromatic N) is 1. The molecule has 39 heavy (non-hydrogen) atoms. The lowest BCUT2D eigenvalue weighted by atomic mass is 9.57. The minimum atomic E-state index is -0.648. The predicted molar refractivity (Wildman–Crippen MR) is 155 cm³/mol. The summed E-state index contributed by atoms with van der Waals surface area (Å²) >= 11 is 0. The number of aromatic nitrogens is 1. The lowest BCUT2D eigenvalue weighted by Gasteiger charge is -2.47. The molecule has 0 saturated heterocycles. The first-order valence-electron chi connectivity index (χ1n) is 15.3. The maximum absolute atomic E-state index is 11.3. The second kappa shape index (κ2) is 10.8. The maximum Gasteiger partial charge on any atom is 0.203 e. The largest absolute Gasteiger partial charge is 0.445 e. The van der Waals surface area contributed by atoms with Gasteiger partial charge < -0.3 is 19.7 Å². The molecule has 0 spiro atoms. The molecule has 5 nitrogen and oxygen atoms in total. The van der Waals surface area contributed by atoms with Crippen LogP contribution < -0.4 is 0 Å². The Morgan fingerprint density at radius 3 is 2.69 bits per heavy atom. The zero-order chi connectivity index (χ0) is 28.0. The molecule has 5 heteroatoms. The third-order valence-electron chi connectivity index (χ3n) is 10.7. The molecule has 0 bridgehead atoms. The second-order valence-electron chi connectivity index (χ2n) is 13.8. The lowest BCUT2D eigenvalue weighted by Crippen LogP contribution is -2.39. The number of aliphatic hydroxyl groups is 3. The van der Waals surface area contributed by atoms with E-state index in [-0.39, 0.29) is 16.2 Å². The van der Waals surface area contributed by atoms with Gasteiger partial charge in [-0.3, -0.25) is 0 Å². The van der Waals surface area contributed by atoms with Gasteiger partial charge in [-0.1, -0.05) is 64.2 Å². The summed E-state index contributed by atoms with van der Waals surface area (Å²) in [6, 6.07) is 0. The number of aliphatic hydroxyl groups excluding tert-OH is 3. The molecule has 0 aromatic carbocycles. The number of rotatable bonds is 8. The molecular weight excluding hydrogens is 486 g/mol. The van der Waals surface area contributed by atoms with E-state index in [0.29, 0.717) is 30.6 Å². The van der Waals surface area contributed by atoms with Crippen molar-refractivity contribution in [1.29, 1.82) is 0 Å². The van der Waals surface area contributed by atoms with E-state index in [1.165, 1.54) is 31.3 Å². The van der Waals surface area contributed by atoms with Crippen molar-refractivity contribution in [2.45, 2.75) is 122 Å². The average molecular weight is 536 g/mol. The van der Waals surface area contributed by atoms with Gasteiger partial charge in [-0.2, -0.15) is 0 Å². The van der Waals surface area contributed by atoms with Crippen LogP contribution in [-0.2, 0) is 11.8 Å². The molecule has 4 aliphatic rings. The van der Waals surface area contributed by atoms with E-state index in [1.807, 2.05) is 12.3 Å². The van der Waals surface area contributed by atoms with Gasteiger partial charge >= 0.3 is 0 Å². The van der Waals surface area contributed by atoms with Crippen LogP contribution in [0.2, 0.25) is 0 Å².